The SMILES string of the molecule is CC1Cc2cc(NC(=O)N3CCC(O)(Cn4ccnc4)CC3)ccc2O1. The van der Waals surface area contributed by atoms with Crippen LogP contribution in [0.3, 0.4) is 0 Å². The number of carbonyl (C=O) groups is 1. The van der Waals surface area contributed by atoms with E-state index in [9.17, 15) is 9.90 Å². The predicted octanol–water partition coefficient (Wildman–Crippen LogP) is 2.27. The van der Waals surface area contributed by atoms with Crippen LogP contribution in [0, 0.1) is 0 Å². The quantitative estimate of drug-likeness (QED) is 0.884. The number of nitrogens with one attached hydrogen (secondary N) is 1. The van der Waals surface area contributed by atoms with Gasteiger partial charge in [-0.05, 0) is 43.5 Å². The number of benzene rings is 1. The largest absolute Gasteiger partial charge is 0.490 e. The zero-order valence-electron chi connectivity index (χ0n) is 14.9. The van der Waals surface area contributed by atoms with Gasteiger partial charge in [-0.1, -0.05) is 0 Å². The highest BCUT2D eigenvalue weighted by Crippen LogP contribution is 2.31. The molecule has 1 unspecified atom stereocenters. The summed E-state index contributed by atoms with van der Waals surface area (Å²) in [4.78, 5) is 18.3. The maximum absolute atomic E-state index is 12.5. The first kappa shape index (κ1) is 16.9. The molecule has 7 heteroatoms. The van der Waals surface area contributed by atoms with Crippen molar-refractivity contribution in [3.63, 3.8) is 0 Å². The van der Waals surface area contributed by atoms with Crippen LogP contribution in [0.25, 0.3) is 0 Å². The number of carbonyl (C=O) groups excluding carboxylic acids is 1. The van der Waals surface area contributed by atoms with E-state index in [0.29, 0.717) is 32.5 Å². The van der Waals surface area contributed by atoms with Crippen molar-refractivity contribution < 1.29 is 14.6 Å². The second kappa shape index (κ2) is 6.64. The summed E-state index contributed by atoms with van der Waals surface area (Å²) in [5.74, 6) is 0.901. The van der Waals surface area contributed by atoms with Crippen LogP contribution in [-0.4, -0.2) is 50.4 Å². The summed E-state index contributed by atoms with van der Waals surface area (Å²) in [6, 6.07) is 5.64. The van der Waals surface area contributed by atoms with E-state index >= 15 is 0 Å². The number of aliphatic hydroxyl groups is 1. The van der Waals surface area contributed by atoms with Crippen molar-refractivity contribution >= 4 is 11.7 Å². The van der Waals surface area contributed by atoms with Crippen LogP contribution >= 0.6 is 0 Å². The second-order valence-electron chi connectivity index (χ2n) is 7.33. The van der Waals surface area contributed by atoms with Crippen LogP contribution < -0.4 is 10.1 Å². The van der Waals surface area contributed by atoms with Gasteiger partial charge in [-0.3, -0.25) is 0 Å². The van der Waals surface area contributed by atoms with Crippen molar-refractivity contribution in [2.45, 2.75) is 44.4 Å². The van der Waals surface area contributed by atoms with Crippen molar-refractivity contribution in [1.29, 1.82) is 0 Å². The third-order valence-corrected chi connectivity index (χ3v) is 5.16. The lowest BCUT2D eigenvalue weighted by Crippen LogP contribution is -2.49. The van der Waals surface area contributed by atoms with Gasteiger partial charge < -0.3 is 24.6 Å². The smallest absolute Gasteiger partial charge is 0.321 e. The molecule has 0 bridgehead atoms. The molecule has 2 aliphatic rings. The Labute approximate surface area is 152 Å². The molecule has 7 nitrogen and oxygen atoms in total. The molecule has 1 aromatic heterocycles. The molecule has 0 aliphatic carbocycles. The van der Waals surface area contributed by atoms with Crippen molar-refractivity contribution in [3.8, 4) is 5.75 Å². The molecule has 1 saturated heterocycles. The highest BCUT2D eigenvalue weighted by Gasteiger charge is 2.34. The topological polar surface area (TPSA) is 79.6 Å². The third kappa shape index (κ3) is 3.53. The molecular formula is C19H24N4O3. The molecule has 2 N–H and O–H groups in total. The fraction of sp³-hybridized carbons (Fsp3) is 0.474. The summed E-state index contributed by atoms with van der Waals surface area (Å²) in [5.41, 5.74) is 1.12. The van der Waals surface area contributed by atoms with Crippen molar-refractivity contribution in [3.05, 3.63) is 42.5 Å². The number of hydrogen-bond acceptors (Lipinski definition) is 4. The van der Waals surface area contributed by atoms with Gasteiger partial charge in [-0.15, -0.1) is 0 Å². The van der Waals surface area contributed by atoms with Crippen molar-refractivity contribution in [2.75, 3.05) is 18.4 Å². The minimum Gasteiger partial charge on any atom is -0.490 e. The van der Waals surface area contributed by atoms with Crippen LogP contribution in [0.2, 0.25) is 0 Å². The first-order chi connectivity index (χ1) is 12.5. The average molecular weight is 356 g/mol. The summed E-state index contributed by atoms with van der Waals surface area (Å²) in [7, 11) is 0. The number of amides is 2. The Morgan fingerprint density at radius 1 is 1.42 bits per heavy atom. The third-order valence-electron chi connectivity index (χ3n) is 5.16. The molecule has 1 aromatic carbocycles. The van der Waals surface area contributed by atoms with Gasteiger partial charge in [0.1, 0.15) is 11.9 Å². The molecular weight excluding hydrogens is 332 g/mol. The van der Waals surface area contributed by atoms with E-state index in [1.165, 1.54) is 0 Å². The van der Waals surface area contributed by atoms with Crippen molar-refractivity contribution in [1.82, 2.24) is 14.5 Å². The molecule has 2 aliphatic heterocycles. The van der Waals surface area contributed by atoms with E-state index in [0.717, 1.165) is 23.4 Å². The summed E-state index contributed by atoms with van der Waals surface area (Å²) in [6.07, 6.45) is 7.40. The molecule has 26 heavy (non-hydrogen) atoms. The Hall–Kier alpha value is -2.54. The summed E-state index contributed by atoms with van der Waals surface area (Å²) in [6.45, 7) is 3.60. The first-order valence-electron chi connectivity index (χ1n) is 9.04. The molecule has 0 spiro atoms. The number of aromatic nitrogens is 2. The minimum absolute atomic E-state index is 0.124. The number of piperidine rings is 1. The Balaban J connectivity index is 1.33. The summed E-state index contributed by atoms with van der Waals surface area (Å²) >= 11 is 0. The molecule has 1 fully saturated rings. The van der Waals surface area contributed by atoms with Crippen molar-refractivity contribution in [2.24, 2.45) is 0 Å². The van der Waals surface area contributed by atoms with Gasteiger partial charge in [0, 0.05) is 37.6 Å². The lowest BCUT2D eigenvalue weighted by atomic mass is 9.91. The van der Waals surface area contributed by atoms with E-state index in [1.54, 1.807) is 17.4 Å². The number of nitrogens with zero attached hydrogens (tertiary/aromatic N) is 3. The Kier molecular flexibility index (Phi) is 4.32. The molecule has 2 aromatic rings. The number of likely N-dealkylation sites (tertiary alicyclic amines) is 1. The van der Waals surface area contributed by atoms with Gasteiger partial charge in [0.2, 0.25) is 0 Å². The predicted molar refractivity (Wildman–Crippen MR) is 97.2 cm³/mol. The Morgan fingerprint density at radius 3 is 2.96 bits per heavy atom. The standard InChI is InChI=1S/C19H24N4O3/c1-14-10-15-11-16(2-3-17(15)26-14)21-18(24)23-7-4-19(25,5-8-23)12-22-9-6-20-13-22/h2-3,6,9,11,13-14,25H,4-5,7-8,10,12H2,1H3,(H,21,24). The number of hydrogen-bond donors (Lipinski definition) is 2. The van der Waals surface area contributed by atoms with Gasteiger partial charge in [-0.25, -0.2) is 9.78 Å². The van der Waals surface area contributed by atoms with Crippen LogP contribution in [-0.2, 0) is 13.0 Å². The second-order valence-corrected chi connectivity index (χ2v) is 7.33. The zero-order valence-corrected chi connectivity index (χ0v) is 14.9. The lowest BCUT2D eigenvalue weighted by Gasteiger charge is -2.38. The molecule has 1 atom stereocenters. The van der Waals surface area contributed by atoms with Gasteiger partial charge >= 0.3 is 6.03 Å². The van der Waals surface area contributed by atoms with Gasteiger partial charge in [0.15, 0.2) is 0 Å². The number of imidazole rings is 1. The highest BCUT2D eigenvalue weighted by molar-refractivity contribution is 5.89. The normalized spacial score (nSPS) is 21.2. The van der Waals surface area contributed by atoms with E-state index in [1.807, 2.05) is 35.9 Å². The number of urea groups is 1. The fourth-order valence-electron chi connectivity index (χ4n) is 3.71. The number of anilines is 1. The summed E-state index contributed by atoms with van der Waals surface area (Å²) < 4.78 is 7.57. The van der Waals surface area contributed by atoms with Crippen LogP contribution in [0.15, 0.2) is 36.9 Å². The molecule has 0 radical (unpaired) electrons. The minimum atomic E-state index is -0.793. The molecule has 138 valence electrons. The summed E-state index contributed by atoms with van der Waals surface area (Å²) in [5, 5.41) is 13.7. The number of fused-ring (bicyclic) bond motifs is 1. The van der Waals surface area contributed by atoms with Crippen LogP contribution in [0.5, 0.6) is 5.75 Å². The molecule has 0 saturated carbocycles. The van der Waals surface area contributed by atoms with Gasteiger partial charge in [0.05, 0.1) is 18.5 Å². The van der Waals surface area contributed by atoms with Crippen LogP contribution in [0.4, 0.5) is 10.5 Å². The number of rotatable bonds is 3. The maximum atomic E-state index is 12.5. The van der Waals surface area contributed by atoms with E-state index in [2.05, 4.69) is 10.3 Å². The van der Waals surface area contributed by atoms with E-state index in [4.69, 9.17) is 4.74 Å². The van der Waals surface area contributed by atoms with Gasteiger partial charge in [-0.2, -0.15) is 0 Å². The molecule has 3 heterocycles. The van der Waals surface area contributed by atoms with E-state index < -0.39 is 5.60 Å². The monoisotopic (exact) mass is 356 g/mol. The van der Waals surface area contributed by atoms with Crippen LogP contribution in [0.1, 0.15) is 25.3 Å². The Morgan fingerprint density at radius 2 is 2.23 bits per heavy atom. The first-order valence-corrected chi connectivity index (χ1v) is 9.04. The average Bonchev–Trinajstić information content (AvgIpc) is 3.23. The maximum Gasteiger partial charge on any atom is 0.321 e. The van der Waals surface area contributed by atoms with Gasteiger partial charge in [0.25, 0.3) is 0 Å². The zero-order chi connectivity index (χ0) is 18.1. The number of ether oxygens (including phenoxy) is 1. The molecule has 2 amide bonds. The van der Waals surface area contributed by atoms with E-state index in [-0.39, 0.29) is 12.1 Å². The fourth-order valence-corrected chi connectivity index (χ4v) is 3.71. The Bertz CT molecular complexity index is 782. The highest BCUT2D eigenvalue weighted by atomic mass is 16.5. The lowest BCUT2D eigenvalue weighted by molar-refractivity contribution is -0.0247. The molecule has 4 rings (SSSR count).